The number of carbonyl (C=O) groups excluding carboxylic acids is 4. The Kier molecular flexibility index (Phi) is 11.3. The second-order valence-corrected chi connectivity index (χ2v) is 12.1. The number of amides is 2. The number of aryl methyl sites for hydroxylation is 3. The third-order valence-corrected chi connectivity index (χ3v) is 8.06. The van der Waals surface area contributed by atoms with E-state index in [1.54, 1.807) is 48.6 Å². The molecule has 242 valence electrons. The monoisotopic (exact) mass is 672 g/mol. The highest BCUT2D eigenvalue weighted by Crippen LogP contribution is 2.36. The molecule has 0 bridgehead atoms. The second kappa shape index (κ2) is 15.2. The predicted octanol–water partition coefficient (Wildman–Crippen LogP) is 7.62. The molecule has 4 atom stereocenters. The Bertz CT molecular complexity index is 1840. The quantitative estimate of drug-likeness (QED) is 0.123. The maximum atomic E-state index is 13.3. The topological polar surface area (TPSA) is 142 Å². The number of rotatable bonds is 11. The van der Waals surface area contributed by atoms with Gasteiger partial charge in [0.25, 0.3) is 11.8 Å². The Morgan fingerprint density at radius 2 is 1.36 bits per heavy atom. The Balaban J connectivity index is 1.71. The van der Waals surface area contributed by atoms with E-state index in [1.165, 1.54) is 19.9 Å². The number of carbonyl (C=O) groups is 4. The number of alkyl halides is 1. The number of para-hydroxylation sites is 1. The highest BCUT2D eigenvalue weighted by Gasteiger charge is 2.40. The summed E-state index contributed by atoms with van der Waals surface area (Å²) in [6.07, 6.45) is 4.79. The first-order valence-corrected chi connectivity index (χ1v) is 15.5. The second-order valence-electron chi connectivity index (χ2n) is 11.2. The molecule has 0 saturated heterocycles. The van der Waals surface area contributed by atoms with E-state index in [4.69, 9.17) is 23.2 Å². The predicted molar refractivity (Wildman–Crippen MR) is 184 cm³/mol. The van der Waals surface area contributed by atoms with Crippen LogP contribution in [0.5, 0.6) is 0 Å². The van der Waals surface area contributed by atoms with Crippen LogP contribution in [0.2, 0.25) is 5.02 Å². The zero-order chi connectivity index (χ0) is 34.3. The molecule has 12 heteroatoms. The summed E-state index contributed by atoms with van der Waals surface area (Å²) in [5, 5.41) is 21.7. The molecule has 3 aromatic carbocycles. The van der Waals surface area contributed by atoms with Crippen molar-refractivity contribution < 1.29 is 19.2 Å². The molecule has 0 aliphatic heterocycles. The number of allylic oxidation sites excluding steroid dienone is 2. The number of anilines is 2. The Labute approximate surface area is 283 Å². The summed E-state index contributed by atoms with van der Waals surface area (Å²) in [4.78, 5) is 51.7. The van der Waals surface area contributed by atoms with Crippen LogP contribution in [0.1, 0.15) is 36.1 Å². The molecule has 3 aromatic rings. The highest BCUT2D eigenvalue weighted by atomic mass is 35.5. The van der Waals surface area contributed by atoms with Crippen LogP contribution in [0, 0.1) is 20.8 Å². The first kappa shape index (κ1) is 35.1. The Hall–Kier alpha value is -4.80. The van der Waals surface area contributed by atoms with Gasteiger partial charge in [-0.25, -0.2) is 0 Å². The maximum absolute atomic E-state index is 13.3. The van der Waals surface area contributed by atoms with E-state index in [0.717, 1.165) is 22.3 Å². The molecule has 0 radical (unpaired) electrons. The summed E-state index contributed by atoms with van der Waals surface area (Å²) in [5.41, 5.74) is 3.24. The average Bonchev–Trinajstić information content (AvgIpc) is 3.00. The van der Waals surface area contributed by atoms with Gasteiger partial charge >= 0.3 is 0 Å². The molecular formula is C35H34Cl2N6O4. The van der Waals surface area contributed by atoms with Crippen molar-refractivity contribution in [2.24, 2.45) is 20.5 Å². The van der Waals surface area contributed by atoms with Crippen LogP contribution in [0.4, 0.5) is 11.4 Å². The van der Waals surface area contributed by atoms with Crippen molar-refractivity contribution in [3.63, 3.8) is 0 Å². The van der Waals surface area contributed by atoms with E-state index in [0.29, 0.717) is 22.0 Å². The zero-order valence-corrected chi connectivity index (χ0v) is 28.0. The summed E-state index contributed by atoms with van der Waals surface area (Å²) >= 11 is 13.1. The molecular weight excluding hydrogens is 639 g/mol. The number of benzene rings is 3. The van der Waals surface area contributed by atoms with Gasteiger partial charge in [0.05, 0.1) is 0 Å². The highest BCUT2D eigenvalue weighted by molar-refractivity contribution is 6.30. The van der Waals surface area contributed by atoms with Crippen molar-refractivity contribution in [1.82, 2.24) is 0 Å². The van der Waals surface area contributed by atoms with Gasteiger partial charge in [-0.15, -0.1) is 11.6 Å². The molecule has 0 saturated carbocycles. The molecule has 0 fully saturated rings. The van der Waals surface area contributed by atoms with Gasteiger partial charge in [0.2, 0.25) is 17.7 Å². The first-order valence-electron chi connectivity index (χ1n) is 14.7. The largest absolute Gasteiger partial charge is 0.324 e. The summed E-state index contributed by atoms with van der Waals surface area (Å²) in [7, 11) is 0. The van der Waals surface area contributed by atoms with Crippen molar-refractivity contribution in [1.29, 1.82) is 0 Å². The van der Waals surface area contributed by atoms with Gasteiger partial charge in [-0.2, -0.15) is 20.5 Å². The summed E-state index contributed by atoms with van der Waals surface area (Å²) in [6, 6.07) is 16.5. The van der Waals surface area contributed by atoms with Gasteiger partial charge in [0.1, 0.15) is 5.38 Å². The number of nitrogens with zero attached hydrogens (tertiary/aromatic N) is 4. The van der Waals surface area contributed by atoms with Crippen molar-refractivity contribution in [2.45, 2.75) is 57.7 Å². The lowest BCUT2D eigenvalue weighted by molar-refractivity contribution is -0.127. The van der Waals surface area contributed by atoms with E-state index in [1.807, 2.05) is 51.1 Å². The SMILES string of the molecule is CC(=O)C(N=NC1(N=NC(C(C)=O)C(=O)Nc2ccc(C)cc2C)C=CC(c2cccc(Cl)c2)=CC1Cl)C(=O)Nc1ccccc1C. The minimum Gasteiger partial charge on any atom is -0.324 e. The van der Waals surface area contributed by atoms with Gasteiger partial charge in [0, 0.05) is 16.4 Å². The molecule has 0 spiro atoms. The van der Waals surface area contributed by atoms with E-state index in [-0.39, 0.29) is 0 Å². The van der Waals surface area contributed by atoms with Crippen LogP contribution in [0.15, 0.2) is 105 Å². The van der Waals surface area contributed by atoms with E-state index in [2.05, 4.69) is 31.1 Å². The number of nitrogens with one attached hydrogen (secondary N) is 2. The molecule has 2 amide bonds. The smallest absolute Gasteiger partial charge is 0.258 e. The number of halogens is 2. The average molecular weight is 674 g/mol. The third kappa shape index (κ3) is 8.72. The van der Waals surface area contributed by atoms with Crippen LogP contribution in [0.25, 0.3) is 5.57 Å². The summed E-state index contributed by atoms with van der Waals surface area (Å²) in [5.74, 6) is -2.58. The van der Waals surface area contributed by atoms with Crippen molar-refractivity contribution in [3.05, 3.63) is 112 Å². The lowest BCUT2D eigenvalue weighted by Crippen LogP contribution is -2.37. The summed E-state index contributed by atoms with van der Waals surface area (Å²) in [6.45, 7) is 8.00. The Morgan fingerprint density at radius 1 is 0.766 bits per heavy atom. The molecule has 10 nitrogen and oxygen atoms in total. The van der Waals surface area contributed by atoms with Gasteiger partial charge in [-0.3, -0.25) is 19.2 Å². The van der Waals surface area contributed by atoms with E-state index >= 15 is 0 Å². The molecule has 1 aliphatic carbocycles. The van der Waals surface area contributed by atoms with Gasteiger partial charge in [-0.1, -0.05) is 71.8 Å². The molecule has 2 N–H and O–H groups in total. The standard InChI is InChI=1S/C35H34Cl2N6O4/c1-20-13-14-29(22(3)17-20)39-34(47)32(24(5)45)41-43-35(16-15-26(19-30(35)37)25-10-8-11-27(36)18-25)42-40-31(23(4)44)33(46)38-28-12-7-6-9-21(28)2/h6-19,30-32H,1-5H3,(H,38,46)(H,39,47). The summed E-state index contributed by atoms with van der Waals surface area (Å²) < 4.78 is 0. The van der Waals surface area contributed by atoms with Crippen LogP contribution < -0.4 is 10.6 Å². The van der Waals surface area contributed by atoms with Crippen molar-refractivity contribution in [3.8, 4) is 0 Å². The minimum atomic E-state index is -1.83. The van der Waals surface area contributed by atoms with Gasteiger partial charge in [0.15, 0.2) is 11.6 Å². The van der Waals surface area contributed by atoms with Crippen molar-refractivity contribution in [2.75, 3.05) is 10.6 Å². The molecule has 0 aromatic heterocycles. The van der Waals surface area contributed by atoms with Crippen LogP contribution in [-0.4, -0.2) is 46.5 Å². The number of ketones is 2. The number of hydrogen-bond acceptors (Lipinski definition) is 8. The minimum absolute atomic E-state index is 0.509. The fraction of sp³-hybridized carbons (Fsp3) is 0.257. The maximum Gasteiger partial charge on any atom is 0.258 e. The van der Waals surface area contributed by atoms with Gasteiger partial charge < -0.3 is 10.6 Å². The molecule has 0 heterocycles. The number of hydrogen-bond donors (Lipinski definition) is 2. The van der Waals surface area contributed by atoms with Gasteiger partial charge in [-0.05, 0) is 87.2 Å². The first-order chi connectivity index (χ1) is 22.3. The fourth-order valence-corrected chi connectivity index (χ4v) is 5.19. The number of azo groups is 2. The van der Waals surface area contributed by atoms with Crippen LogP contribution in [0.3, 0.4) is 0 Å². The van der Waals surface area contributed by atoms with E-state index < -0.39 is 46.5 Å². The van der Waals surface area contributed by atoms with E-state index in [9.17, 15) is 19.2 Å². The molecule has 4 unspecified atom stereocenters. The zero-order valence-electron chi connectivity index (χ0n) is 26.5. The fourth-order valence-electron chi connectivity index (χ4n) is 4.70. The lowest BCUT2D eigenvalue weighted by Gasteiger charge is -2.27. The normalized spacial score (nSPS) is 18.9. The molecule has 47 heavy (non-hydrogen) atoms. The van der Waals surface area contributed by atoms with Crippen molar-refractivity contribution >= 4 is 63.5 Å². The lowest BCUT2D eigenvalue weighted by atomic mass is 9.93. The van der Waals surface area contributed by atoms with Crippen LogP contribution in [-0.2, 0) is 19.2 Å². The van der Waals surface area contributed by atoms with Crippen LogP contribution >= 0.6 is 23.2 Å². The number of Topliss-reactive ketones (excluding diaryl/α,β-unsaturated/α-hetero) is 2. The Morgan fingerprint density at radius 3 is 1.89 bits per heavy atom. The third-order valence-electron chi connectivity index (χ3n) is 7.37. The molecule has 4 rings (SSSR count). The molecule has 1 aliphatic rings.